The molecular formula is C15H24ClN. The summed E-state index contributed by atoms with van der Waals surface area (Å²) in [6.07, 6.45) is 5.50. The highest BCUT2D eigenvalue weighted by molar-refractivity contribution is 5.85. The van der Waals surface area contributed by atoms with Gasteiger partial charge in [0.25, 0.3) is 0 Å². The lowest BCUT2D eigenvalue weighted by molar-refractivity contribution is 0.339. The van der Waals surface area contributed by atoms with E-state index in [0.717, 1.165) is 11.8 Å². The molecule has 2 heteroatoms. The van der Waals surface area contributed by atoms with Gasteiger partial charge < -0.3 is 5.32 Å². The first-order valence-corrected chi connectivity index (χ1v) is 6.62. The summed E-state index contributed by atoms with van der Waals surface area (Å²) in [6.45, 7) is 4.81. The normalized spacial score (nSPS) is 18.4. The van der Waals surface area contributed by atoms with Crippen LogP contribution in [0.25, 0.3) is 0 Å². The van der Waals surface area contributed by atoms with E-state index < -0.39 is 0 Å². The number of halogens is 1. The summed E-state index contributed by atoms with van der Waals surface area (Å²) in [6, 6.07) is 10.9. The Balaban J connectivity index is 0.00000144. The van der Waals surface area contributed by atoms with Gasteiger partial charge in [-0.25, -0.2) is 0 Å². The third-order valence-corrected chi connectivity index (χ3v) is 3.84. The van der Waals surface area contributed by atoms with Crippen molar-refractivity contribution in [2.45, 2.75) is 38.5 Å². The minimum absolute atomic E-state index is 0. The number of nitrogens with one attached hydrogen (secondary N) is 1. The van der Waals surface area contributed by atoms with Crippen LogP contribution in [-0.4, -0.2) is 13.1 Å². The van der Waals surface area contributed by atoms with Crippen LogP contribution < -0.4 is 5.32 Å². The molecular weight excluding hydrogens is 230 g/mol. The van der Waals surface area contributed by atoms with Gasteiger partial charge in [0.05, 0.1) is 0 Å². The Morgan fingerprint density at radius 1 is 1.18 bits per heavy atom. The van der Waals surface area contributed by atoms with Gasteiger partial charge in [0.1, 0.15) is 0 Å². The van der Waals surface area contributed by atoms with Crippen molar-refractivity contribution in [3.05, 3.63) is 35.9 Å². The maximum atomic E-state index is 3.43. The van der Waals surface area contributed by atoms with Gasteiger partial charge in [0.15, 0.2) is 0 Å². The van der Waals surface area contributed by atoms with E-state index in [1.54, 1.807) is 0 Å². The van der Waals surface area contributed by atoms with Gasteiger partial charge in [-0.2, -0.15) is 0 Å². The lowest BCUT2D eigenvalue weighted by atomic mass is 9.87. The first-order valence-electron chi connectivity index (χ1n) is 6.62. The number of hydrogen-bond acceptors (Lipinski definition) is 1. The van der Waals surface area contributed by atoms with Gasteiger partial charge in [-0.1, -0.05) is 37.3 Å². The van der Waals surface area contributed by atoms with Gasteiger partial charge in [0.2, 0.25) is 0 Å². The molecule has 96 valence electrons. The summed E-state index contributed by atoms with van der Waals surface area (Å²) in [5, 5.41) is 3.43. The van der Waals surface area contributed by atoms with Crippen LogP contribution in [0.15, 0.2) is 30.3 Å². The lowest BCUT2D eigenvalue weighted by Gasteiger charge is -2.23. The molecule has 1 aliphatic rings. The van der Waals surface area contributed by atoms with Crippen molar-refractivity contribution in [2.24, 2.45) is 5.92 Å². The summed E-state index contributed by atoms with van der Waals surface area (Å²) in [7, 11) is 0. The number of hydrogen-bond donors (Lipinski definition) is 1. The fraction of sp³-hybridized carbons (Fsp3) is 0.600. The third-order valence-electron chi connectivity index (χ3n) is 3.84. The van der Waals surface area contributed by atoms with Crippen LogP contribution in [0.5, 0.6) is 0 Å². The van der Waals surface area contributed by atoms with Crippen molar-refractivity contribution in [3.63, 3.8) is 0 Å². The van der Waals surface area contributed by atoms with Crippen LogP contribution in [0.4, 0.5) is 0 Å². The molecule has 0 saturated carbocycles. The Hall–Kier alpha value is -0.530. The second-order valence-electron chi connectivity index (χ2n) is 5.08. The third kappa shape index (κ3) is 4.69. The van der Waals surface area contributed by atoms with E-state index in [0.29, 0.717) is 0 Å². The van der Waals surface area contributed by atoms with E-state index in [2.05, 4.69) is 42.6 Å². The smallest absolute Gasteiger partial charge is 0.00463 e. The van der Waals surface area contributed by atoms with Crippen LogP contribution in [0, 0.1) is 5.92 Å². The molecule has 0 amide bonds. The first kappa shape index (κ1) is 14.5. The largest absolute Gasteiger partial charge is 0.317 e. The molecule has 1 aromatic rings. The Labute approximate surface area is 111 Å². The van der Waals surface area contributed by atoms with Gasteiger partial charge in [-0.3, -0.25) is 0 Å². The molecule has 0 aromatic heterocycles. The summed E-state index contributed by atoms with van der Waals surface area (Å²) >= 11 is 0. The highest BCUT2D eigenvalue weighted by atomic mass is 35.5. The van der Waals surface area contributed by atoms with Gasteiger partial charge in [0, 0.05) is 0 Å². The van der Waals surface area contributed by atoms with Crippen molar-refractivity contribution in [1.82, 2.24) is 5.32 Å². The van der Waals surface area contributed by atoms with Gasteiger partial charge in [-0.05, 0) is 56.2 Å². The average molecular weight is 254 g/mol. The van der Waals surface area contributed by atoms with Crippen LogP contribution in [0.3, 0.4) is 0 Å². The van der Waals surface area contributed by atoms with Gasteiger partial charge in [-0.15, -0.1) is 12.4 Å². The van der Waals surface area contributed by atoms with Crippen LogP contribution >= 0.6 is 12.4 Å². The van der Waals surface area contributed by atoms with Gasteiger partial charge >= 0.3 is 0 Å². The molecule has 2 rings (SSSR count). The molecule has 1 nitrogen and oxygen atoms in total. The summed E-state index contributed by atoms with van der Waals surface area (Å²) in [5.41, 5.74) is 1.50. The summed E-state index contributed by atoms with van der Waals surface area (Å²) < 4.78 is 0. The van der Waals surface area contributed by atoms with Crippen molar-refractivity contribution in [1.29, 1.82) is 0 Å². The molecule has 0 spiro atoms. The zero-order valence-corrected chi connectivity index (χ0v) is 11.5. The number of piperidine rings is 1. The number of benzene rings is 1. The summed E-state index contributed by atoms with van der Waals surface area (Å²) in [4.78, 5) is 0. The Bertz CT molecular complexity index is 293. The molecule has 1 heterocycles. The van der Waals surface area contributed by atoms with Crippen LogP contribution in [0.2, 0.25) is 0 Å². The molecule has 1 unspecified atom stereocenters. The predicted octanol–water partition coefficient (Wildman–Crippen LogP) is 3.99. The van der Waals surface area contributed by atoms with E-state index in [1.807, 2.05) is 0 Å². The van der Waals surface area contributed by atoms with E-state index in [4.69, 9.17) is 0 Å². The second kappa shape index (κ2) is 7.73. The van der Waals surface area contributed by atoms with E-state index in [1.165, 1.54) is 44.3 Å². The Kier molecular flexibility index (Phi) is 6.61. The minimum atomic E-state index is 0. The molecule has 0 bridgehead atoms. The first-order chi connectivity index (χ1) is 7.86. The fourth-order valence-corrected chi connectivity index (χ4v) is 2.60. The molecule has 1 N–H and O–H groups in total. The van der Waals surface area contributed by atoms with E-state index in [-0.39, 0.29) is 12.4 Å². The Morgan fingerprint density at radius 2 is 1.82 bits per heavy atom. The highest BCUT2D eigenvalue weighted by Gasteiger charge is 2.14. The minimum Gasteiger partial charge on any atom is -0.317 e. The second-order valence-corrected chi connectivity index (χ2v) is 5.08. The quantitative estimate of drug-likeness (QED) is 0.856. The van der Waals surface area contributed by atoms with Crippen molar-refractivity contribution in [3.8, 4) is 0 Å². The molecule has 1 aromatic carbocycles. The molecule has 17 heavy (non-hydrogen) atoms. The maximum Gasteiger partial charge on any atom is -0.00463 e. The zero-order chi connectivity index (χ0) is 11.2. The standard InChI is InChI=1S/C15H23N.ClH/c1-13(15-5-3-2-4-6-15)7-8-14-9-11-16-12-10-14;/h2-6,13-14,16H,7-12H2,1H3;1H. The van der Waals surface area contributed by atoms with E-state index >= 15 is 0 Å². The fourth-order valence-electron chi connectivity index (χ4n) is 2.60. The molecule has 0 radical (unpaired) electrons. The van der Waals surface area contributed by atoms with E-state index in [9.17, 15) is 0 Å². The monoisotopic (exact) mass is 253 g/mol. The molecule has 0 aliphatic carbocycles. The van der Waals surface area contributed by atoms with Crippen molar-refractivity contribution < 1.29 is 0 Å². The van der Waals surface area contributed by atoms with Crippen molar-refractivity contribution >= 4 is 12.4 Å². The Morgan fingerprint density at radius 3 is 2.47 bits per heavy atom. The zero-order valence-electron chi connectivity index (χ0n) is 10.7. The molecule has 1 saturated heterocycles. The molecule has 1 atom stereocenters. The van der Waals surface area contributed by atoms with Crippen molar-refractivity contribution in [2.75, 3.05) is 13.1 Å². The maximum absolute atomic E-state index is 3.43. The lowest BCUT2D eigenvalue weighted by Crippen LogP contribution is -2.27. The van der Waals surface area contributed by atoms with Crippen LogP contribution in [-0.2, 0) is 0 Å². The average Bonchev–Trinajstić information content (AvgIpc) is 2.38. The SMILES string of the molecule is CC(CCC1CCNCC1)c1ccccc1.Cl. The topological polar surface area (TPSA) is 12.0 Å². The molecule has 1 aliphatic heterocycles. The predicted molar refractivity (Wildman–Crippen MR) is 76.9 cm³/mol. The van der Waals surface area contributed by atoms with Crippen LogP contribution in [0.1, 0.15) is 44.1 Å². The highest BCUT2D eigenvalue weighted by Crippen LogP contribution is 2.25. The summed E-state index contributed by atoms with van der Waals surface area (Å²) in [5.74, 6) is 1.68. The number of rotatable bonds is 4. The molecule has 1 fully saturated rings.